The summed E-state index contributed by atoms with van der Waals surface area (Å²) in [5.41, 5.74) is 0.735. The van der Waals surface area contributed by atoms with Gasteiger partial charge in [0.15, 0.2) is 0 Å². The largest absolute Gasteiger partial charge is 0.394 e. The van der Waals surface area contributed by atoms with Crippen LogP contribution in [0.1, 0.15) is 65.2 Å². The molecule has 0 heterocycles. The lowest BCUT2D eigenvalue weighted by atomic mass is 10.0. The molecule has 0 aromatic heterocycles. The monoisotopic (exact) mass is 350 g/mol. The quantitative estimate of drug-likeness (QED) is 0.387. The molecule has 0 amide bonds. The Bertz CT molecular complexity index is 198. The minimum absolute atomic E-state index is 0.735. The van der Waals surface area contributed by atoms with Crippen LogP contribution in [0.15, 0.2) is 0 Å². The molecule has 0 atom stereocenters. The fourth-order valence-corrected chi connectivity index (χ4v) is 8.14. The molecule has 0 bridgehead atoms. The highest BCUT2D eigenvalue weighted by molar-refractivity contribution is 9.09. The summed E-state index contributed by atoms with van der Waals surface area (Å²) in [4.78, 5) is 0. The molecule has 19 heavy (non-hydrogen) atoms. The van der Waals surface area contributed by atoms with Crippen molar-refractivity contribution in [2.24, 2.45) is 0 Å². The molecule has 114 valence electrons. The van der Waals surface area contributed by atoms with Crippen LogP contribution in [0.5, 0.6) is 0 Å². The summed E-state index contributed by atoms with van der Waals surface area (Å²) in [7, 11) is -1.99. The maximum Gasteiger partial charge on any atom is 0.341 e. The van der Waals surface area contributed by atoms with E-state index in [0.29, 0.717) is 0 Å². The molecule has 0 N–H and O–H groups in total. The van der Waals surface area contributed by atoms with Crippen LogP contribution < -0.4 is 0 Å². The van der Waals surface area contributed by atoms with E-state index < -0.39 is 8.56 Å². The van der Waals surface area contributed by atoms with Crippen molar-refractivity contribution < 1.29 is 8.85 Å². The maximum absolute atomic E-state index is 6.42. The number of alkyl halides is 1. The SMILES string of the molecule is CCCO[Si](CCCBr)(OCCC)C1CCCCC1. The molecule has 0 unspecified atom stereocenters. The summed E-state index contributed by atoms with van der Waals surface area (Å²) in [5.74, 6) is 0. The highest BCUT2D eigenvalue weighted by Gasteiger charge is 2.45. The van der Waals surface area contributed by atoms with Crippen molar-refractivity contribution >= 4 is 24.5 Å². The molecule has 1 rings (SSSR count). The predicted molar refractivity (Wildman–Crippen MR) is 88.3 cm³/mol. The first kappa shape index (κ1) is 17.7. The molecule has 1 saturated carbocycles. The van der Waals surface area contributed by atoms with Gasteiger partial charge in [0.25, 0.3) is 0 Å². The van der Waals surface area contributed by atoms with E-state index in [0.717, 1.165) is 36.9 Å². The molecule has 0 aliphatic heterocycles. The van der Waals surface area contributed by atoms with Gasteiger partial charge in [0.05, 0.1) is 0 Å². The molecule has 0 radical (unpaired) electrons. The van der Waals surface area contributed by atoms with Crippen LogP contribution in [0.4, 0.5) is 0 Å². The maximum atomic E-state index is 6.42. The van der Waals surface area contributed by atoms with E-state index >= 15 is 0 Å². The van der Waals surface area contributed by atoms with E-state index in [9.17, 15) is 0 Å². The van der Waals surface area contributed by atoms with E-state index in [-0.39, 0.29) is 0 Å². The van der Waals surface area contributed by atoms with Gasteiger partial charge in [-0.1, -0.05) is 49.0 Å². The highest BCUT2D eigenvalue weighted by atomic mass is 79.9. The average Bonchev–Trinajstić information content (AvgIpc) is 2.48. The van der Waals surface area contributed by atoms with E-state index in [1.807, 2.05) is 0 Å². The smallest absolute Gasteiger partial charge is 0.341 e. The molecule has 1 aliphatic carbocycles. The first-order valence-electron chi connectivity index (χ1n) is 8.13. The molecule has 1 fully saturated rings. The Morgan fingerprint density at radius 2 is 1.58 bits per heavy atom. The zero-order valence-corrected chi connectivity index (χ0v) is 15.3. The molecular weight excluding hydrogens is 320 g/mol. The Balaban J connectivity index is 2.73. The number of rotatable bonds is 10. The minimum atomic E-state index is -1.99. The van der Waals surface area contributed by atoms with Crippen molar-refractivity contribution in [3.8, 4) is 0 Å². The molecule has 0 saturated heterocycles. The third kappa shape index (κ3) is 5.86. The third-order valence-corrected chi connectivity index (χ3v) is 8.81. The van der Waals surface area contributed by atoms with Gasteiger partial charge < -0.3 is 8.85 Å². The van der Waals surface area contributed by atoms with Crippen molar-refractivity contribution in [2.45, 2.75) is 76.8 Å². The summed E-state index contributed by atoms with van der Waals surface area (Å²) < 4.78 is 12.8. The van der Waals surface area contributed by atoms with Crippen molar-refractivity contribution in [3.05, 3.63) is 0 Å². The van der Waals surface area contributed by atoms with Crippen molar-refractivity contribution in [2.75, 3.05) is 18.5 Å². The first-order chi connectivity index (χ1) is 9.29. The number of halogens is 1. The Morgan fingerprint density at radius 3 is 2.05 bits per heavy atom. The van der Waals surface area contributed by atoms with Crippen molar-refractivity contribution in [1.82, 2.24) is 0 Å². The minimum Gasteiger partial charge on any atom is -0.394 e. The Hall–Kier alpha value is 0.617. The normalized spacial score (nSPS) is 17.8. The molecule has 0 aromatic carbocycles. The van der Waals surface area contributed by atoms with Gasteiger partial charge in [-0.05, 0) is 38.1 Å². The van der Waals surface area contributed by atoms with E-state index in [1.165, 1.54) is 44.6 Å². The second-order valence-corrected chi connectivity index (χ2v) is 9.95. The average molecular weight is 351 g/mol. The zero-order valence-electron chi connectivity index (χ0n) is 12.8. The van der Waals surface area contributed by atoms with Crippen LogP contribution in [0.2, 0.25) is 11.6 Å². The predicted octanol–water partition coefficient (Wildman–Crippen LogP) is 5.40. The van der Waals surface area contributed by atoms with E-state index in [4.69, 9.17) is 8.85 Å². The molecule has 2 nitrogen and oxygen atoms in total. The van der Waals surface area contributed by atoms with Crippen LogP contribution in [0.25, 0.3) is 0 Å². The van der Waals surface area contributed by atoms with Gasteiger partial charge in [-0.25, -0.2) is 0 Å². The summed E-state index contributed by atoms with van der Waals surface area (Å²) in [6.07, 6.45) is 10.2. The molecule has 1 aliphatic rings. The van der Waals surface area contributed by atoms with Crippen LogP contribution in [-0.2, 0) is 8.85 Å². The fraction of sp³-hybridized carbons (Fsp3) is 1.00. The van der Waals surface area contributed by atoms with Crippen LogP contribution >= 0.6 is 15.9 Å². The topological polar surface area (TPSA) is 18.5 Å². The van der Waals surface area contributed by atoms with E-state index in [1.54, 1.807) is 0 Å². The number of hydrogen-bond acceptors (Lipinski definition) is 2. The molecular formula is C15H31BrO2Si. The van der Waals surface area contributed by atoms with Gasteiger partial charge in [0.2, 0.25) is 0 Å². The highest BCUT2D eigenvalue weighted by Crippen LogP contribution is 2.41. The van der Waals surface area contributed by atoms with Crippen molar-refractivity contribution in [3.63, 3.8) is 0 Å². The Kier molecular flexibility index (Phi) is 9.63. The fourth-order valence-electron chi connectivity index (χ4n) is 3.03. The van der Waals surface area contributed by atoms with Gasteiger partial charge in [-0.2, -0.15) is 0 Å². The van der Waals surface area contributed by atoms with Crippen LogP contribution in [-0.4, -0.2) is 27.1 Å². The van der Waals surface area contributed by atoms with Gasteiger partial charge in [-0.3, -0.25) is 0 Å². The number of hydrogen-bond donors (Lipinski definition) is 0. The summed E-state index contributed by atoms with van der Waals surface area (Å²) in [6.45, 7) is 6.16. The summed E-state index contributed by atoms with van der Waals surface area (Å²) in [6, 6.07) is 1.17. The molecule has 4 heteroatoms. The van der Waals surface area contributed by atoms with Gasteiger partial charge >= 0.3 is 8.56 Å². The Labute approximate surface area is 129 Å². The standard InChI is InChI=1S/C15H31BrO2Si/c1-3-12-17-19(14-8-11-16,18-13-4-2)15-9-6-5-7-10-15/h15H,3-14H2,1-2H3. The third-order valence-electron chi connectivity index (χ3n) is 3.99. The lowest BCUT2D eigenvalue weighted by Crippen LogP contribution is -2.48. The van der Waals surface area contributed by atoms with Crippen LogP contribution in [0, 0.1) is 0 Å². The van der Waals surface area contributed by atoms with Gasteiger partial charge in [0.1, 0.15) is 0 Å². The summed E-state index contributed by atoms with van der Waals surface area (Å²) in [5, 5.41) is 1.07. The molecule has 0 aromatic rings. The zero-order chi connectivity index (χ0) is 14.0. The molecule has 0 spiro atoms. The second kappa shape index (κ2) is 10.4. The summed E-state index contributed by atoms with van der Waals surface area (Å²) >= 11 is 3.57. The van der Waals surface area contributed by atoms with Gasteiger partial charge in [0, 0.05) is 24.1 Å². The lowest BCUT2D eigenvalue weighted by molar-refractivity contribution is 0.150. The van der Waals surface area contributed by atoms with Crippen LogP contribution in [0.3, 0.4) is 0 Å². The van der Waals surface area contributed by atoms with E-state index in [2.05, 4.69) is 29.8 Å². The Morgan fingerprint density at radius 1 is 1.00 bits per heavy atom. The second-order valence-electron chi connectivity index (χ2n) is 5.64. The first-order valence-corrected chi connectivity index (χ1v) is 11.3. The van der Waals surface area contributed by atoms with Crippen molar-refractivity contribution in [1.29, 1.82) is 0 Å². The lowest BCUT2D eigenvalue weighted by Gasteiger charge is -2.39. The van der Waals surface area contributed by atoms with Gasteiger partial charge in [-0.15, -0.1) is 0 Å².